The molecule has 0 spiro atoms. The molecule has 4 heteroatoms. The number of nitrogens with one attached hydrogen (secondary N) is 1. The molecule has 0 bridgehead atoms. The highest BCUT2D eigenvalue weighted by Crippen LogP contribution is 2.27. The normalized spacial score (nSPS) is 10.8. The van der Waals surface area contributed by atoms with Crippen LogP contribution in [0.4, 0.5) is 5.82 Å². The highest BCUT2D eigenvalue weighted by molar-refractivity contribution is 9.10. The Morgan fingerprint density at radius 1 is 1.00 bits per heavy atom. The summed E-state index contributed by atoms with van der Waals surface area (Å²) in [4.78, 5) is 4.44. The van der Waals surface area contributed by atoms with E-state index in [1.165, 1.54) is 10.9 Å². The van der Waals surface area contributed by atoms with E-state index in [4.69, 9.17) is 11.6 Å². The molecule has 1 heterocycles. The predicted molar refractivity (Wildman–Crippen MR) is 93.1 cm³/mol. The van der Waals surface area contributed by atoms with Crippen LogP contribution < -0.4 is 5.32 Å². The van der Waals surface area contributed by atoms with Crippen molar-refractivity contribution in [1.82, 2.24) is 4.98 Å². The summed E-state index contributed by atoms with van der Waals surface area (Å²) in [5.74, 6) is 0.919. The zero-order valence-electron chi connectivity index (χ0n) is 11.3. The Kier molecular flexibility index (Phi) is 4.42. The van der Waals surface area contributed by atoms with Crippen LogP contribution >= 0.6 is 27.5 Å². The largest absolute Gasteiger partial charge is 0.369 e. The van der Waals surface area contributed by atoms with Gasteiger partial charge in [0.25, 0.3) is 0 Å². The maximum Gasteiger partial charge on any atom is 0.133 e. The van der Waals surface area contributed by atoms with E-state index in [1.54, 1.807) is 0 Å². The van der Waals surface area contributed by atoms with Crippen molar-refractivity contribution in [1.29, 1.82) is 0 Å². The van der Waals surface area contributed by atoms with Crippen LogP contribution in [0.15, 0.2) is 59.2 Å². The lowest BCUT2D eigenvalue weighted by atomic mass is 10.1. The molecule has 0 saturated heterocycles. The van der Waals surface area contributed by atoms with Crippen molar-refractivity contribution in [2.24, 2.45) is 0 Å². The van der Waals surface area contributed by atoms with Crippen LogP contribution in [0.25, 0.3) is 10.8 Å². The first-order valence-corrected chi connectivity index (χ1v) is 7.93. The van der Waals surface area contributed by atoms with Crippen molar-refractivity contribution in [2.75, 3.05) is 11.9 Å². The summed E-state index contributed by atoms with van der Waals surface area (Å²) in [5, 5.41) is 6.48. The lowest BCUT2D eigenvalue weighted by Crippen LogP contribution is -2.06. The number of fused-ring (bicyclic) bond motifs is 1. The van der Waals surface area contributed by atoms with E-state index >= 15 is 0 Å². The molecule has 0 atom stereocenters. The smallest absolute Gasteiger partial charge is 0.133 e. The molecule has 0 aliphatic heterocycles. The Morgan fingerprint density at radius 3 is 2.62 bits per heavy atom. The molecule has 1 N–H and O–H groups in total. The van der Waals surface area contributed by atoms with Crippen molar-refractivity contribution in [2.45, 2.75) is 6.42 Å². The van der Waals surface area contributed by atoms with Crippen LogP contribution in [0.1, 0.15) is 5.56 Å². The van der Waals surface area contributed by atoms with Gasteiger partial charge in [0.1, 0.15) is 5.82 Å². The van der Waals surface area contributed by atoms with Crippen molar-refractivity contribution in [3.05, 3.63) is 69.8 Å². The van der Waals surface area contributed by atoms with Gasteiger partial charge in [0, 0.05) is 33.0 Å². The van der Waals surface area contributed by atoms with Gasteiger partial charge >= 0.3 is 0 Å². The number of anilines is 1. The number of hydrogen-bond donors (Lipinski definition) is 1. The fraction of sp³-hybridized carbons (Fsp3) is 0.118. The van der Waals surface area contributed by atoms with Gasteiger partial charge in [-0.1, -0.05) is 51.8 Å². The average Bonchev–Trinajstić information content (AvgIpc) is 2.50. The van der Waals surface area contributed by atoms with Gasteiger partial charge in [0.2, 0.25) is 0 Å². The zero-order valence-corrected chi connectivity index (χ0v) is 13.7. The van der Waals surface area contributed by atoms with Crippen LogP contribution in [-0.4, -0.2) is 11.5 Å². The third kappa shape index (κ3) is 3.36. The minimum absolute atomic E-state index is 0.771. The van der Waals surface area contributed by atoms with E-state index in [2.05, 4.69) is 44.4 Å². The maximum absolute atomic E-state index is 5.89. The quantitative estimate of drug-likeness (QED) is 0.681. The van der Waals surface area contributed by atoms with E-state index in [0.717, 1.165) is 33.7 Å². The van der Waals surface area contributed by atoms with Gasteiger partial charge in [-0.2, -0.15) is 0 Å². The Balaban J connectivity index is 1.73. The fourth-order valence-corrected chi connectivity index (χ4v) is 2.91. The van der Waals surface area contributed by atoms with Gasteiger partial charge in [-0.25, -0.2) is 4.98 Å². The topological polar surface area (TPSA) is 24.9 Å². The minimum Gasteiger partial charge on any atom is -0.369 e. The number of benzene rings is 2. The Hall–Kier alpha value is -1.58. The second-order valence-electron chi connectivity index (χ2n) is 4.80. The number of nitrogens with zero attached hydrogens (tertiary/aromatic N) is 1. The summed E-state index contributed by atoms with van der Waals surface area (Å²) in [6, 6.07) is 16.1. The molecule has 0 fully saturated rings. The maximum atomic E-state index is 5.89. The highest BCUT2D eigenvalue weighted by atomic mass is 79.9. The first kappa shape index (κ1) is 14.4. The molecular weight excluding hydrogens is 348 g/mol. The van der Waals surface area contributed by atoms with Crippen LogP contribution in [-0.2, 0) is 6.42 Å². The molecule has 0 saturated carbocycles. The minimum atomic E-state index is 0.771. The molecule has 0 aliphatic carbocycles. The summed E-state index contributed by atoms with van der Waals surface area (Å²) >= 11 is 9.47. The summed E-state index contributed by atoms with van der Waals surface area (Å²) in [6.45, 7) is 0.834. The van der Waals surface area contributed by atoms with Crippen LogP contribution in [0.3, 0.4) is 0 Å². The molecule has 0 amide bonds. The van der Waals surface area contributed by atoms with Gasteiger partial charge in [-0.15, -0.1) is 0 Å². The van der Waals surface area contributed by atoms with E-state index < -0.39 is 0 Å². The highest BCUT2D eigenvalue weighted by Gasteiger charge is 2.04. The van der Waals surface area contributed by atoms with Crippen molar-refractivity contribution < 1.29 is 0 Å². The molecule has 0 radical (unpaired) electrons. The van der Waals surface area contributed by atoms with E-state index in [0.29, 0.717) is 0 Å². The fourth-order valence-electron chi connectivity index (χ4n) is 2.29. The van der Waals surface area contributed by atoms with Crippen LogP contribution in [0, 0.1) is 0 Å². The summed E-state index contributed by atoms with van der Waals surface area (Å²) in [5.41, 5.74) is 1.26. The predicted octanol–water partition coefficient (Wildman–Crippen LogP) is 5.31. The molecule has 106 valence electrons. The number of pyridine rings is 1. The van der Waals surface area contributed by atoms with Gasteiger partial charge in [-0.05, 0) is 36.2 Å². The second kappa shape index (κ2) is 6.46. The van der Waals surface area contributed by atoms with Gasteiger partial charge < -0.3 is 5.32 Å². The number of aromatic nitrogens is 1. The Bertz CT molecular complexity index is 756. The monoisotopic (exact) mass is 360 g/mol. The number of halogens is 2. The molecule has 1 aromatic heterocycles. The van der Waals surface area contributed by atoms with Crippen LogP contribution in [0.2, 0.25) is 5.02 Å². The van der Waals surface area contributed by atoms with Gasteiger partial charge in [0.15, 0.2) is 0 Å². The summed E-state index contributed by atoms with van der Waals surface area (Å²) in [7, 11) is 0. The zero-order chi connectivity index (χ0) is 14.7. The molecular formula is C17H14BrClN2. The summed E-state index contributed by atoms with van der Waals surface area (Å²) in [6.07, 6.45) is 2.76. The molecule has 0 unspecified atom stereocenters. The first-order valence-electron chi connectivity index (χ1n) is 6.75. The van der Waals surface area contributed by atoms with Crippen molar-refractivity contribution >= 4 is 44.1 Å². The van der Waals surface area contributed by atoms with E-state index in [-0.39, 0.29) is 0 Å². The lowest BCUT2D eigenvalue weighted by molar-refractivity contribution is 1.01. The standard InChI is InChI=1S/C17H14BrClN2/c18-16-3-1-2-15-14(16)9-11-21-17(15)20-10-8-12-4-6-13(19)7-5-12/h1-7,9,11H,8,10H2,(H,20,21). The lowest BCUT2D eigenvalue weighted by Gasteiger charge is -2.09. The SMILES string of the molecule is Clc1ccc(CCNc2nccc3c(Br)cccc23)cc1. The number of hydrogen-bond acceptors (Lipinski definition) is 2. The molecule has 2 nitrogen and oxygen atoms in total. The third-order valence-electron chi connectivity index (χ3n) is 3.37. The molecule has 21 heavy (non-hydrogen) atoms. The van der Waals surface area contributed by atoms with Gasteiger partial charge in [0.05, 0.1) is 0 Å². The van der Waals surface area contributed by atoms with Crippen LogP contribution in [0.5, 0.6) is 0 Å². The Morgan fingerprint density at radius 2 is 1.81 bits per heavy atom. The average molecular weight is 362 g/mol. The van der Waals surface area contributed by atoms with E-state index in [1.807, 2.05) is 36.5 Å². The van der Waals surface area contributed by atoms with Gasteiger partial charge in [-0.3, -0.25) is 0 Å². The van der Waals surface area contributed by atoms with E-state index in [9.17, 15) is 0 Å². The second-order valence-corrected chi connectivity index (χ2v) is 6.09. The molecule has 3 aromatic rings. The molecule has 3 rings (SSSR count). The Labute approximate surface area is 137 Å². The first-order chi connectivity index (χ1) is 10.2. The number of rotatable bonds is 4. The molecule has 0 aliphatic rings. The van der Waals surface area contributed by atoms with Crippen molar-refractivity contribution in [3.63, 3.8) is 0 Å². The van der Waals surface area contributed by atoms with Crippen molar-refractivity contribution in [3.8, 4) is 0 Å². The molecule has 2 aromatic carbocycles. The third-order valence-corrected chi connectivity index (χ3v) is 4.32. The summed E-state index contributed by atoms with van der Waals surface area (Å²) < 4.78 is 1.09.